The van der Waals surface area contributed by atoms with Gasteiger partial charge in [0.25, 0.3) is 0 Å². The lowest BCUT2D eigenvalue weighted by Gasteiger charge is -2.34. The molecule has 0 fully saturated rings. The van der Waals surface area contributed by atoms with Gasteiger partial charge < -0.3 is 5.32 Å². The first-order chi connectivity index (χ1) is 9.56. The molecule has 0 aliphatic carbocycles. The Balaban J connectivity index is 2.93. The molecule has 0 spiro atoms. The third-order valence-electron chi connectivity index (χ3n) is 4.13. The Labute approximate surface area is 131 Å². The molecule has 0 aromatic heterocycles. The molecule has 1 aromatic carbocycles. The van der Waals surface area contributed by atoms with Gasteiger partial charge in [-0.2, -0.15) is 0 Å². The molecular formula is C17H27BrFN. The zero-order valence-corrected chi connectivity index (χ0v) is 14.5. The predicted molar refractivity (Wildman–Crippen MR) is 88.6 cm³/mol. The Kier molecular flexibility index (Phi) is 7.75. The molecule has 0 aliphatic rings. The average Bonchev–Trinajstić information content (AvgIpc) is 2.46. The molecule has 0 saturated heterocycles. The van der Waals surface area contributed by atoms with Crippen LogP contribution in [-0.2, 0) is 6.42 Å². The van der Waals surface area contributed by atoms with E-state index < -0.39 is 0 Å². The summed E-state index contributed by atoms with van der Waals surface area (Å²) in [5.41, 5.74) is 1.31. The van der Waals surface area contributed by atoms with Gasteiger partial charge >= 0.3 is 0 Å². The van der Waals surface area contributed by atoms with Crippen molar-refractivity contribution >= 4 is 15.9 Å². The second-order valence-electron chi connectivity index (χ2n) is 5.65. The zero-order valence-electron chi connectivity index (χ0n) is 12.9. The van der Waals surface area contributed by atoms with Gasteiger partial charge in [0.2, 0.25) is 0 Å². The molecule has 1 unspecified atom stereocenters. The van der Waals surface area contributed by atoms with E-state index in [0.29, 0.717) is 0 Å². The van der Waals surface area contributed by atoms with Gasteiger partial charge in [-0.15, -0.1) is 0 Å². The van der Waals surface area contributed by atoms with E-state index in [1.165, 1.54) is 25.3 Å². The van der Waals surface area contributed by atoms with Crippen LogP contribution < -0.4 is 5.32 Å². The van der Waals surface area contributed by atoms with E-state index in [0.717, 1.165) is 36.0 Å². The molecule has 0 aliphatic heterocycles. The Hall–Kier alpha value is -0.410. The van der Waals surface area contributed by atoms with Gasteiger partial charge in [0.1, 0.15) is 5.82 Å². The van der Waals surface area contributed by atoms with E-state index in [1.54, 1.807) is 6.07 Å². The van der Waals surface area contributed by atoms with Crippen molar-refractivity contribution in [2.45, 2.75) is 52.9 Å². The highest BCUT2D eigenvalue weighted by Gasteiger charge is 2.28. The monoisotopic (exact) mass is 343 g/mol. The number of halogens is 2. The van der Waals surface area contributed by atoms with E-state index in [4.69, 9.17) is 0 Å². The van der Waals surface area contributed by atoms with Crippen LogP contribution in [0, 0.1) is 11.2 Å². The molecule has 0 heterocycles. The second kappa shape index (κ2) is 8.78. The van der Waals surface area contributed by atoms with E-state index in [1.807, 2.05) is 6.07 Å². The normalized spacial score (nSPS) is 14.2. The number of nitrogens with one attached hydrogen (secondary N) is 1. The summed E-state index contributed by atoms with van der Waals surface area (Å²) in [6.45, 7) is 8.60. The smallest absolute Gasteiger partial charge is 0.123 e. The Morgan fingerprint density at radius 2 is 2.00 bits per heavy atom. The number of rotatable bonds is 9. The van der Waals surface area contributed by atoms with E-state index in [9.17, 15) is 4.39 Å². The van der Waals surface area contributed by atoms with Gasteiger partial charge in [0.15, 0.2) is 0 Å². The minimum atomic E-state index is -0.146. The fourth-order valence-electron chi connectivity index (χ4n) is 2.69. The summed E-state index contributed by atoms with van der Waals surface area (Å²) in [5.74, 6) is -0.146. The topological polar surface area (TPSA) is 12.0 Å². The maximum atomic E-state index is 13.5. The van der Waals surface area contributed by atoms with Crippen molar-refractivity contribution in [2.75, 3.05) is 13.1 Å². The van der Waals surface area contributed by atoms with Gasteiger partial charge in [0.05, 0.1) is 0 Å². The van der Waals surface area contributed by atoms with Crippen LogP contribution in [0.15, 0.2) is 22.7 Å². The SMILES string of the molecule is CCCCC(CC)(CNCC)Cc1cc(F)ccc1Br. The minimum Gasteiger partial charge on any atom is -0.316 e. The molecular weight excluding hydrogens is 317 g/mol. The van der Waals surface area contributed by atoms with Crippen molar-refractivity contribution in [3.63, 3.8) is 0 Å². The summed E-state index contributed by atoms with van der Waals surface area (Å²) >= 11 is 3.56. The van der Waals surface area contributed by atoms with Crippen LogP contribution in [0.25, 0.3) is 0 Å². The summed E-state index contributed by atoms with van der Waals surface area (Å²) in [6.07, 6.45) is 5.66. The number of benzene rings is 1. The van der Waals surface area contributed by atoms with Crippen LogP contribution in [0.2, 0.25) is 0 Å². The standard InChI is InChI=1S/C17H27BrFN/c1-4-7-10-17(5-2,13-20-6-3)12-14-11-15(19)8-9-16(14)18/h8-9,11,20H,4-7,10,12-13H2,1-3H3. The molecule has 0 radical (unpaired) electrons. The van der Waals surface area contributed by atoms with Gasteiger partial charge in [0, 0.05) is 11.0 Å². The van der Waals surface area contributed by atoms with E-state index in [2.05, 4.69) is 42.0 Å². The second-order valence-corrected chi connectivity index (χ2v) is 6.50. The van der Waals surface area contributed by atoms with Crippen LogP contribution in [0.3, 0.4) is 0 Å². The molecule has 1 N–H and O–H groups in total. The summed E-state index contributed by atoms with van der Waals surface area (Å²) in [6, 6.07) is 5.00. The fourth-order valence-corrected chi connectivity index (χ4v) is 3.08. The quantitative estimate of drug-likeness (QED) is 0.639. The first-order valence-electron chi connectivity index (χ1n) is 7.71. The molecule has 114 valence electrons. The van der Waals surface area contributed by atoms with Gasteiger partial charge in [-0.1, -0.05) is 49.5 Å². The molecule has 0 bridgehead atoms. The van der Waals surface area contributed by atoms with Crippen LogP contribution in [-0.4, -0.2) is 13.1 Å². The Bertz CT molecular complexity index is 398. The average molecular weight is 344 g/mol. The van der Waals surface area contributed by atoms with Gasteiger partial charge in [-0.3, -0.25) is 0 Å². The summed E-state index contributed by atoms with van der Waals surface area (Å²) in [4.78, 5) is 0. The number of unbranched alkanes of at least 4 members (excludes halogenated alkanes) is 1. The molecule has 1 atom stereocenters. The van der Waals surface area contributed by atoms with Crippen molar-refractivity contribution in [3.8, 4) is 0 Å². The Morgan fingerprint density at radius 3 is 2.60 bits per heavy atom. The lowest BCUT2D eigenvalue weighted by molar-refractivity contribution is 0.230. The minimum absolute atomic E-state index is 0.146. The lowest BCUT2D eigenvalue weighted by atomic mass is 9.75. The van der Waals surface area contributed by atoms with Crippen molar-refractivity contribution in [3.05, 3.63) is 34.1 Å². The third kappa shape index (κ3) is 5.17. The molecule has 1 rings (SSSR count). The highest BCUT2D eigenvalue weighted by atomic mass is 79.9. The zero-order chi connectivity index (χ0) is 15.0. The van der Waals surface area contributed by atoms with E-state index in [-0.39, 0.29) is 11.2 Å². The predicted octanol–water partition coefficient (Wildman–Crippen LogP) is 5.33. The highest BCUT2D eigenvalue weighted by molar-refractivity contribution is 9.10. The van der Waals surface area contributed by atoms with Crippen LogP contribution in [0.4, 0.5) is 4.39 Å². The lowest BCUT2D eigenvalue weighted by Crippen LogP contribution is -2.36. The van der Waals surface area contributed by atoms with Crippen molar-refractivity contribution in [1.82, 2.24) is 5.32 Å². The molecule has 20 heavy (non-hydrogen) atoms. The molecule has 3 heteroatoms. The van der Waals surface area contributed by atoms with Crippen molar-refractivity contribution in [2.24, 2.45) is 5.41 Å². The first-order valence-corrected chi connectivity index (χ1v) is 8.51. The maximum Gasteiger partial charge on any atom is 0.123 e. The van der Waals surface area contributed by atoms with Crippen molar-refractivity contribution in [1.29, 1.82) is 0 Å². The largest absolute Gasteiger partial charge is 0.316 e. The summed E-state index contributed by atoms with van der Waals surface area (Å²) in [5, 5.41) is 3.49. The van der Waals surface area contributed by atoms with Gasteiger partial charge in [-0.25, -0.2) is 4.39 Å². The first kappa shape index (κ1) is 17.6. The van der Waals surface area contributed by atoms with Crippen molar-refractivity contribution < 1.29 is 4.39 Å². The third-order valence-corrected chi connectivity index (χ3v) is 4.91. The number of hydrogen-bond acceptors (Lipinski definition) is 1. The van der Waals surface area contributed by atoms with Crippen LogP contribution in [0.5, 0.6) is 0 Å². The van der Waals surface area contributed by atoms with Crippen LogP contribution >= 0.6 is 15.9 Å². The maximum absolute atomic E-state index is 13.5. The molecule has 0 saturated carbocycles. The highest BCUT2D eigenvalue weighted by Crippen LogP contribution is 2.35. The molecule has 0 amide bonds. The molecule has 1 nitrogen and oxygen atoms in total. The van der Waals surface area contributed by atoms with Gasteiger partial charge in [-0.05, 0) is 55.0 Å². The summed E-state index contributed by atoms with van der Waals surface area (Å²) < 4.78 is 14.5. The summed E-state index contributed by atoms with van der Waals surface area (Å²) in [7, 11) is 0. The fraction of sp³-hybridized carbons (Fsp3) is 0.647. The van der Waals surface area contributed by atoms with E-state index >= 15 is 0 Å². The molecule has 1 aromatic rings. The number of hydrogen-bond donors (Lipinski definition) is 1. The Morgan fingerprint density at radius 1 is 1.25 bits per heavy atom. The van der Waals surface area contributed by atoms with Crippen LogP contribution in [0.1, 0.15) is 52.0 Å².